The highest BCUT2D eigenvalue weighted by Crippen LogP contribution is 2.50. The zero-order valence-electron chi connectivity index (χ0n) is 33.5. The number of hydrogen-bond donors (Lipinski definition) is 1. The Morgan fingerprint density at radius 1 is 0.466 bits per heavy atom. The van der Waals surface area contributed by atoms with Gasteiger partial charge in [0.05, 0.1) is 11.7 Å². The Morgan fingerprint density at radius 3 is 1.52 bits per heavy atom. The molecule has 0 fully saturated rings. The standard InChI is InChI=1S/C56H46N2/c1-36-15-22-42(23-16-36)57-53-32-21-39(4)33-52(53)51-34-49(40-11-7-5-8-12-40)45-30-31-48-54(58(43-24-17-37(2)18-25-43)44-26-19-38(3)20-27-44)35-50(41-13-9-6-10-14-41)46-28-29-47(51)55(45)56(46)48/h5-35,52-53,57H,1-4H3. The summed E-state index contributed by atoms with van der Waals surface area (Å²) in [4.78, 5) is 2.45. The Kier molecular flexibility index (Phi) is 8.91. The Morgan fingerprint density at radius 2 is 0.948 bits per heavy atom. The molecular formula is C56H46N2. The van der Waals surface area contributed by atoms with Gasteiger partial charge in [0.25, 0.3) is 0 Å². The van der Waals surface area contributed by atoms with Gasteiger partial charge in [-0.2, -0.15) is 0 Å². The van der Waals surface area contributed by atoms with Gasteiger partial charge in [0.1, 0.15) is 0 Å². The summed E-state index contributed by atoms with van der Waals surface area (Å²) in [6.07, 6.45) is 7.08. The van der Waals surface area contributed by atoms with Crippen LogP contribution in [-0.4, -0.2) is 6.04 Å². The zero-order valence-corrected chi connectivity index (χ0v) is 33.5. The van der Waals surface area contributed by atoms with E-state index < -0.39 is 0 Å². The molecule has 1 N–H and O–H groups in total. The van der Waals surface area contributed by atoms with Gasteiger partial charge >= 0.3 is 0 Å². The van der Waals surface area contributed by atoms with E-state index in [-0.39, 0.29) is 12.0 Å². The van der Waals surface area contributed by atoms with E-state index in [9.17, 15) is 0 Å². The molecule has 2 atom stereocenters. The van der Waals surface area contributed by atoms with E-state index >= 15 is 0 Å². The highest BCUT2D eigenvalue weighted by atomic mass is 15.1. The molecule has 2 unspecified atom stereocenters. The molecule has 9 aromatic rings. The van der Waals surface area contributed by atoms with Crippen LogP contribution < -0.4 is 10.2 Å². The second kappa shape index (κ2) is 14.6. The van der Waals surface area contributed by atoms with Crippen LogP contribution in [0.15, 0.2) is 194 Å². The molecule has 0 bridgehead atoms. The molecule has 0 saturated heterocycles. The molecule has 0 aromatic heterocycles. The number of hydrogen-bond acceptors (Lipinski definition) is 2. The minimum absolute atomic E-state index is 0.0718. The van der Waals surface area contributed by atoms with Crippen LogP contribution in [0.2, 0.25) is 0 Å². The van der Waals surface area contributed by atoms with Crippen LogP contribution in [0, 0.1) is 20.8 Å². The summed E-state index contributed by atoms with van der Waals surface area (Å²) in [5, 5.41) is 11.6. The maximum atomic E-state index is 3.93. The van der Waals surface area contributed by atoms with Crippen LogP contribution in [0.5, 0.6) is 0 Å². The summed E-state index contributed by atoms with van der Waals surface area (Å²) in [6, 6.07) is 63.1. The normalized spacial score (nSPS) is 15.3. The molecule has 10 rings (SSSR count). The molecule has 1 aliphatic carbocycles. The van der Waals surface area contributed by atoms with Gasteiger partial charge in [0.2, 0.25) is 0 Å². The number of anilines is 4. The third-order valence-electron chi connectivity index (χ3n) is 12.0. The number of nitrogens with zero attached hydrogens (tertiary/aromatic N) is 1. The molecule has 1 aliphatic rings. The van der Waals surface area contributed by atoms with E-state index in [0.717, 1.165) is 22.7 Å². The van der Waals surface area contributed by atoms with Gasteiger partial charge in [-0.3, -0.25) is 0 Å². The van der Waals surface area contributed by atoms with Crippen molar-refractivity contribution >= 4 is 55.1 Å². The smallest absolute Gasteiger partial charge is 0.0551 e. The number of nitrogens with one attached hydrogen (secondary N) is 1. The van der Waals surface area contributed by atoms with E-state index in [4.69, 9.17) is 0 Å². The van der Waals surface area contributed by atoms with Gasteiger partial charge in [-0.15, -0.1) is 0 Å². The van der Waals surface area contributed by atoms with E-state index in [1.807, 2.05) is 0 Å². The first-order valence-corrected chi connectivity index (χ1v) is 20.4. The van der Waals surface area contributed by atoms with Gasteiger partial charge in [-0.05, 0) is 126 Å². The Bertz CT molecular complexity index is 2930. The molecule has 0 amide bonds. The number of rotatable bonds is 8. The maximum Gasteiger partial charge on any atom is 0.0551 e. The van der Waals surface area contributed by atoms with Crippen molar-refractivity contribution < 1.29 is 0 Å². The molecule has 2 heteroatoms. The highest BCUT2D eigenvalue weighted by molar-refractivity contribution is 6.30. The minimum Gasteiger partial charge on any atom is -0.378 e. The molecule has 0 aliphatic heterocycles. The van der Waals surface area contributed by atoms with Crippen molar-refractivity contribution in [3.05, 3.63) is 216 Å². The fourth-order valence-electron chi connectivity index (χ4n) is 9.07. The van der Waals surface area contributed by atoms with E-state index in [2.05, 4.69) is 226 Å². The van der Waals surface area contributed by atoms with Crippen LogP contribution >= 0.6 is 0 Å². The Hall–Kier alpha value is -6.90. The first-order valence-electron chi connectivity index (χ1n) is 20.4. The molecule has 9 aromatic carbocycles. The molecule has 0 saturated carbocycles. The summed E-state index contributed by atoms with van der Waals surface area (Å²) in [7, 11) is 0. The van der Waals surface area contributed by atoms with Crippen molar-refractivity contribution in [2.75, 3.05) is 10.2 Å². The summed E-state index contributed by atoms with van der Waals surface area (Å²) < 4.78 is 0. The lowest BCUT2D eigenvalue weighted by atomic mass is 9.78. The number of aryl methyl sites for hydroxylation is 3. The van der Waals surface area contributed by atoms with Crippen molar-refractivity contribution in [2.24, 2.45) is 0 Å². The lowest BCUT2D eigenvalue weighted by Crippen LogP contribution is -2.26. The summed E-state index contributed by atoms with van der Waals surface area (Å²) >= 11 is 0. The average molecular weight is 747 g/mol. The van der Waals surface area contributed by atoms with Crippen molar-refractivity contribution in [3.63, 3.8) is 0 Å². The van der Waals surface area contributed by atoms with E-state index in [1.165, 1.54) is 82.4 Å². The Balaban J connectivity index is 1.31. The quantitative estimate of drug-likeness (QED) is 0.156. The second-order valence-electron chi connectivity index (χ2n) is 16.1. The fraction of sp³-hybridized carbons (Fsp3) is 0.107. The highest BCUT2D eigenvalue weighted by Gasteiger charge is 2.28. The largest absolute Gasteiger partial charge is 0.378 e. The molecular weight excluding hydrogens is 701 g/mol. The van der Waals surface area contributed by atoms with Crippen molar-refractivity contribution in [3.8, 4) is 22.3 Å². The lowest BCUT2D eigenvalue weighted by Gasteiger charge is -2.31. The molecule has 280 valence electrons. The van der Waals surface area contributed by atoms with Gasteiger partial charge in [0, 0.05) is 33.8 Å². The third-order valence-corrected chi connectivity index (χ3v) is 12.0. The van der Waals surface area contributed by atoms with Crippen LogP contribution in [-0.2, 0) is 0 Å². The predicted octanol–water partition coefficient (Wildman–Crippen LogP) is 15.4. The van der Waals surface area contributed by atoms with Gasteiger partial charge in [-0.1, -0.05) is 162 Å². The van der Waals surface area contributed by atoms with Gasteiger partial charge in [0.15, 0.2) is 0 Å². The first-order chi connectivity index (χ1) is 28.4. The van der Waals surface area contributed by atoms with Crippen molar-refractivity contribution in [1.29, 1.82) is 0 Å². The monoisotopic (exact) mass is 746 g/mol. The Labute approximate surface area is 341 Å². The predicted molar refractivity (Wildman–Crippen MR) is 249 cm³/mol. The molecule has 58 heavy (non-hydrogen) atoms. The second-order valence-corrected chi connectivity index (χ2v) is 16.1. The summed E-state index contributed by atoms with van der Waals surface area (Å²) in [5.74, 6) is 0.100. The average Bonchev–Trinajstić information content (AvgIpc) is 3.26. The molecule has 0 radical (unpaired) electrons. The summed E-state index contributed by atoms with van der Waals surface area (Å²) in [5.41, 5.74) is 15.8. The SMILES string of the molecule is CC1=CC(c2cc(-c3ccccc3)c3ccc4c(N(c5ccc(C)cc5)c5ccc(C)cc5)cc(-c5ccccc5)c5ccc2c3c54)C(Nc2ccc(C)cc2)C=C1. The number of allylic oxidation sites excluding steroid dienone is 2. The minimum atomic E-state index is 0.0718. The van der Waals surface area contributed by atoms with Crippen molar-refractivity contribution in [1.82, 2.24) is 0 Å². The molecule has 0 heterocycles. The van der Waals surface area contributed by atoms with Crippen LogP contribution in [0.4, 0.5) is 22.7 Å². The molecule has 2 nitrogen and oxygen atoms in total. The zero-order chi connectivity index (χ0) is 39.3. The van der Waals surface area contributed by atoms with Crippen LogP contribution in [0.3, 0.4) is 0 Å². The van der Waals surface area contributed by atoms with Crippen molar-refractivity contribution in [2.45, 2.75) is 39.7 Å². The van der Waals surface area contributed by atoms with Crippen LogP contribution in [0.25, 0.3) is 54.6 Å². The lowest BCUT2D eigenvalue weighted by molar-refractivity contribution is 0.755. The van der Waals surface area contributed by atoms with Crippen LogP contribution in [0.1, 0.15) is 35.1 Å². The number of benzene rings is 9. The molecule has 0 spiro atoms. The summed E-state index contributed by atoms with van der Waals surface area (Å²) in [6.45, 7) is 8.68. The van der Waals surface area contributed by atoms with E-state index in [0.29, 0.717) is 0 Å². The van der Waals surface area contributed by atoms with Gasteiger partial charge in [-0.25, -0.2) is 0 Å². The fourth-order valence-corrected chi connectivity index (χ4v) is 9.07. The third kappa shape index (κ3) is 6.32. The topological polar surface area (TPSA) is 15.3 Å². The first kappa shape index (κ1) is 35.5. The maximum absolute atomic E-state index is 3.93. The van der Waals surface area contributed by atoms with Gasteiger partial charge < -0.3 is 10.2 Å². The van der Waals surface area contributed by atoms with E-state index in [1.54, 1.807) is 0 Å².